The van der Waals surface area contributed by atoms with Crippen LogP contribution in [0.1, 0.15) is 63.1 Å². The van der Waals surface area contributed by atoms with E-state index in [1.807, 2.05) is 81.4 Å². The number of hydrogen-bond donors (Lipinski definition) is 2. The number of nitrogens with one attached hydrogen (secondary N) is 2. The summed E-state index contributed by atoms with van der Waals surface area (Å²) in [4.78, 5) is 39.6. The van der Waals surface area contributed by atoms with Crippen LogP contribution >= 0.6 is 0 Å². The maximum Gasteiger partial charge on any atom is 0.410 e. The van der Waals surface area contributed by atoms with Crippen molar-refractivity contribution in [2.45, 2.75) is 58.6 Å². The van der Waals surface area contributed by atoms with Crippen molar-refractivity contribution in [3.05, 3.63) is 107 Å². The van der Waals surface area contributed by atoms with E-state index in [1.54, 1.807) is 22.0 Å². The van der Waals surface area contributed by atoms with Gasteiger partial charge in [-0.15, -0.1) is 0 Å². The fourth-order valence-corrected chi connectivity index (χ4v) is 6.94. The van der Waals surface area contributed by atoms with E-state index in [9.17, 15) is 18.8 Å². The first-order valence-electron chi connectivity index (χ1n) is 16.8. The molecule has 0 aliphatic carbocycles. The molecule has 0 saturated carbocycles. The molecule has 256 valence electrons. The van der Waals surface area contributed by atoms with E-state index in [0.717, 1.165) is 54.0 Å². The summed E-state index contributed by atoms with van der Waals surface area (Å²) in [6.45, 7) is 8.49. The number of likely N-dealkylation sites (tertiary alicyclic amines) is 1. The number of carbonyl (C=O) groups is 3. The number of carbonyl (C=O) groups excluding carboxylic acids is 3. The van der Waals surface area contributed by atoms with E-state index in [1.165, 1.54) is 12.1 Å². The lowest BCUT2D eigenvalue weighted by atomic mass is 9.72. The molecule has 10 nitrogen and oxygen atoms in total. The fraction of sp³-hybridized carbons (Fsp3) is 0.395. The van der Waals surface area contributed by atoms with Crippen LogP contribution in [0, 0.1) is 16.6 Å². The van der Waals surface area contributed by atoms with E-state index in [0.29, 0.717) is 32.5 Å². The second kappa shape index (κ2) is 13.9. The van der Waals surface area contributed by atoms with Gasteiger partial charge in [0, 0.05) is 13.1 Å². The molecular weight excluding hydrogens is 623 g/mol. The summed E-state index contributed by atoms with van der Waals surface area (Å²) in [6.07, 6.45) is 2.27. The highest BCUT2D eigenvalue weighted by atomic mass is 19.1. The molecule has 4 aliphatic rings. The van der Waals surface area contributed by atoms with Gasteiger partial charge in [0.15, 0.2) is 0 Å². The summed E-state index contributed by atoms with van der Waals surface area (Å²) in [5, 5.41) is 13.9. The lowest BCUT2D eigenvalue weighted by Crippen LogP contribution is -2.50. The van der Waals surface area contributed by atoms with Gasteiger partial charge in [-0.05, 0) is 88.4 Å². The largest absolute Gasteiger partial charge is 0.444 e. The normalized spacial score (nSPS) is 19.6. The van der Waals surface area contributed by atoms with Crippen LogP contribution in [-0.4, -0.2) is 71.0 Å². The van der Waals surface area contributed by atoms with Gasteiger partial charge in [0.25, 0.3) is 11.8 Å². The van der Waals surface area contributed by atoms with Crippen molar-refractivity contribution in [2.24, 2.45) is 21.0 Å². The highest BCUT2D eigenvalue weighted by Gasteiger charge is 2.52. The summed E-state index contributed by atoms with van der Waals surface area (Å²) >= 11 is 0. The van der Waals surface area contributed by atoms with Crippen LogP contribution in [0.4, 0.5) is 9.18 Å². The van der Waals surface area contributed by atoms with E-state index < -0.39 is 16.4 Å². The van der Waals surface area contributed by atoms with Gasteiger partial charge in [0.05, 0.1) is 28.8 Å². The molecular formula is C38H43FN6O4. The minimum atomic E-state index is -0.653. The van der Waals surface area contributed by atoms with E-state index in [4.69, 9.17) is 9.84 Å². The third kappa shape index (κ3) is 7.12. The van der Waals surface area contributed by atoms with Crippen molar-refractivity contribution >= 4 is 29.3 Å². The van der Waals surface area contributed by atoms with Crippen molar-refractivity contribution in [1.29, 1.82) is 0 Å². The Labute approximate surface area is 286 Å². The molecule has 0 atom stereocenters. The summed E-state index contributed by atoms with van der Waals surface area (Å²) in [6, 6.07) is 25.9. The highest BCUT2D eigenvalue weighted by molar-refractivity contribution is 6.20. The smallest absolute Gasteiger partial charge is 0.410 e. The molecule has 7 rings (SSSR count). The molecule has 0 radical (unpaired) electrons. The van der Waals surface area contributed by atoms with Gasteiger partial charge < -0.3 is 15.0 Å². The SMILES string of the molecule is CC(C)(C)OC(=O)N1CCC2(CC1)C(=O)NN=C2c1ccccc1.O=C1N(Cc2ccc(F)cc2)N=C(c2ccccc2)C12CCNCC2. The maximum atomic E-state index is 13.2. The topological polar surface area (TPSA) is 116 Å². The lowest BCUT2D eigenvalue weighted by Gasteiger charge is -2.38. The number of hydrogen-bond acceptors (Lipinski definition) is 7. The molecule has 0 unspecified atom stereocenters. The minimum Gasteiger partial charge on any atom is -0.444 e. The number of rotatable bonds is 4. The number of piperidine rings is 2. The Morgan fingerprint density at radius 2 is 1.39 bits per heavy atom. The Hall–Kier alpha value is -4.90. The van der Waals surface area contributed by atoms with Gasteiger partial charge in [-0.2, -0.15) is 10.2 Å². The monoisotopic (exact) mass is 666 g/mol. The zero-order chi connectivity index (χ0) is 34.6. The molecule has 2 N–H and O–H groups in total. The van der Waals surface area contributed by atoms with Crippen molar-refractivity contribution in [2.75, 3.05) is 26.2 Å². The van der Waals surface area contributed by atoms with Gasteiger partial charge in [-0.1, -0.05) is 72.8 Å². The Bertz CT molecular complexity index is 1720. The molecule has 0 aromatic heterocycles. The summed E-state index contributed by atoms with van der Waals surface area (Å²) in [5.74, 6) is -0.304. The second-order valence-corrected chi connectivity index (χ2v) is 14.0. The lowest BCUT2D eigenvalue weighted by molar-refractivity contribution is -0.137. The number of benzene rings is 3. The predicted molar refractivity (Wildman–Crippen MR) is 185 cm³/mol. The van der Waals surface area contributed by atoms with Crippen LogP contribution in [0.25, 0.3) is 0 Å². The molecule has 11 heteroatoms. The van der Waals surface area contributed by atoms with Gasteiger partial charge >= 0.3 is 6.09 Å². The molecule has 0 bridgehead atoms. The van der Waals surface area contributed by atoms with Crippen molar-refractivity contribution in [3.8, 4) is 0 Å². The second-order valence-electron chi connectivity index (χ2n) is 14.0. The summed E-state index contributed by atoms with van der Waals surface area (Å²) in [5.41, 5.74) is 5.36. The molecule has 3 aromatic carbocycles. The van der Waals surface area contributed by atoms with Crippen molar-refractivity contribution in [3.63, 3.8) is 0 Å². The fourth-order valence-electron chi connectivity index (χ4n) is 6.94. The Morgan fingerprint density at radius 1 is 0.816 bits per heavy atom. The van der Waals surface area contributed by atoms with E-state index >= 15 is 0 Å². The first kappa shape index (κ1) is 34.0. The number of hydrazone groups is 2. The van der Waals surface area contributed by atoms with Gasteiger partial charge in [-0.3, -0.25) is 9.59 Å². The quantitative estimate of drug-likeness (QED) is 0.383. The van der Waals surface area contributed by atoms with Crippen LogP contribution in [-0.2, 0) is 20.9 Å². The average molecular weight is 667 g/mol. The van der Waals surface area contributed by atoms with Gasteiger partial charge in [0.1, 0.15) is 11.4 Å². The van der Waals surface area contributed by atoms with Crippen LogP contribution in [0.3, 0.4) is 0 Å². The number of halogens is 1. The first-order valence-corrected chi connectivity index (χ1v) is 16.8. The predicted octanol–water partition coefficient (Wildman–Crippen LogP) is 5.48. The van der Waals surface area contributed by atoms with Crippen LogP contribution in [0.2, 0.25) is 0 Å². The highest BCUT2D eigenvalue weighted by Crippen LogP contribution is 2.41. The molecule has 49 heavy (non-hydrogen) atoms. The molecule has 4 aliphatic heterocycles. The Balaban J connectivity index is 0.000000170. The number of amides is 3. The van der Waals surface area contributed by atoms with Crippen LogP contribution in [0.15, 0.2) is 95.1 Å². The van der Waals surface area contributed by atoms with Crippen LogP contribution < -0.4 is 10.7 Å². The van der Waals surface area contributed by atoms with Gasteiger partial charge in [-0.25, -0.2) is 19.6 Å². The summed E-state index contributed by atoms with van der Waals surface area (Å²) in [7, 11) is 0. The average Bonchev–Trinajstić information content (AvgIpc) is 3.55. The van der Waals surface area contributed by atoms with E-state index in [2.05, 4.69) is 15.8 Å². The maximum absolute atomic E-state index is 13.2. The number of ether oxygens (including phenoxy) is 1. The van der Waals surface area contributed by atoms with Crippen LogP contribution in [0.5, 0.6) is 0 Å². The van der Waals surface area contributed by atoms with E-state index in [-0.39, 0.29) is 23.7 Å². The standard InChI is InChI=1S/C20H20FN3O.C18H23N3O3/c21-17-8-6-15(7-9-17)14-24-19(25)20(10-12-22-13-11-20)18(23-24)16-4-2-1-3-5-16;1-17(2,3)24-16(23)21-11-9-18(10-12-21)14(19-20-15(18)22)13-7-5-4-6-8-13/h1-9,22H,10-14H2;4-8H,9-12H2,1-3H3,(H,20,22). The molecule has 2 fully saturated rings. The van der Waals surface area contributed by atoms with Gasteiger partial charge in [0.2, 0.25) is 0 Å². The third-order valence-electron chi connectivity index (χ3n) is 9.54. The number of nitrogens with zero attached hydrogens (tertiary/aromatic N) is 4. The first-order chi connectivity index (χ1) is 23.5. The van der Waals surface area contributed by atoms with Crippen molar-refractivity contribution < 1.29 is 23.5 Å². The summed E-state index contributed by atoms with van der Waals surface area (Å²) < 4.78 is 18.6. The Morgan fingerprint density at radius 3 is 1.96 bits per heavy atom. The molecule has 3 amide bonds. The van der Waals surface area contributed by atoms with Crippen molar-refractivity contribution in [1.82, 2.24) is 20.7 Å². The minimum absolute atomic E-state index is 0.0529. The molecule has 3 aromatic rings. The molecule has 2 saturated heterocycles. The Kier molecular flexibility index (Phi) is 9.65. The zero-order valence-electron chi connectivity index (χ0n) is 28.2. The third-order valence-corrected chi connectivity index (χ3v) is 9.54. The molecule has 4 heterocycles. The molecule has 2 spiro atoms. The zero-order valence-corrected chi connectivity index (χ0v) is 28.2.